The Kier molecular flexibility index (Phi) is 9.19. The monoisotopic (exact) mass is 390 g/mol. The number of hydrogen-bond donors (Lipinski definition) is 2. The van der Waals surface area contributed by atoms with Gasteiger partial charge in [0.1, 0.15) is 5.75 Å². The van der Waals surface area contributed by atoms with Gasteiger partial charge in [0.15, 0.2) is 0 Å². The second-order valence-corrected chi connectivity index (χ2v) is 7.06. The zero-order valence-electron chi connectivity index (χ0n) is 15.4. The van der Waals surface area contributed by atoms with Crippen molar-refractivity contribution in [2.75, 3.05) is 6.54 Å². The quantitative estimate of drug-likeness (QED) is 0.533. The molecule has 2 heterocycles. The van der Waals surface area contributed by atoms with Crippen molar-refractivity contribution in [1.29, 1.82) is 0 Å². The number of allylic oxidation sites excluding steroid dienone is 2. The van der Waals surface area contributed by atoms with E-state index in [1.807, 2.05) is 30.5 Å². The molecule has 28 heavy (non-hydrogen) atoms. The van der Waals surface area contributed by atoms with Gasteiger partial charge in [-0.25, -0.2) is 0 Å². The fourth-order valence-electron chi connectivity index (χ4n) is 3.86. The van der Waals surface area contributed by atoms with Gasteiger partial charge in [-0.15, -0.1) is 0 Å². The molecule has 5 nitrogen and oxygen atoms in total. The number of benzene rings is 1. The van der Waals surface area contributed by atoms with Crippen LogP contribution in [0.15, 0.2) is 60.9 Å². The number of carboxylic acid groups (broad SMARTS) is 1. The average Bonchev–Trinajstić information content (AvgIpc) is 3.04. The molecular formula is C22H27N2NaO3. The number of nitrogens with zero attached hydrogens (tertiary/aromatic N) is 2. The summed E-state index contributed by atoms with van der Waals surface area (Å²) in [6, 6.07) is 11.8. The molecule has 0 bridgehead atoms. The number of phenols is 1. The van der Waals surface area contributed by atoms with E-state index in [-0.39, 0.29) is 47.8 Å². The molecule has 1 aliphatic rings. The molecule has 1 aromatic heterocycles. The van der Waals surface area contributed by atoms with E-state index < -0.39 is 5.97 Å². The SMILES string of the molecule is O=C(O)CC/C=C\CC1CCN(Cc2cccnc2)C1c1cccc(O)c1.[NaH]. The molecular weight excluding hydrogens is 363 g/mol. The van der Waals surface area contributed by atoms with Crippen LogP contribution in [0.5, 0.6) is 5.75 Å². The number of carbonyl (C=O) groups is 1. The van der Waals surface area contributed by atoms with Gasteiger partial charge < -0.3 is 10.2 Å². The van der Waals surface area contributed by atoms with Crippen LogP contribution in [0.1, 0.15) is 42.9 Å². The Bertz CT molecular complexity index is 782. The maximum atomic E-state index is 10.6. The van der Waals surface area contributed by atoms with E-state index in [4.69, 9.17) is 5.11 Å². The van der Waals surface area contributed by atoms with Crippen molar-refractivity contribution in [3.63, 3.8) is 0 Å². The Balaban J connectivity index is 0.00000280. The predicted octanol–water partition coefficient (Wildman–Crippen LogP) is 3.51. The van der Waals surface area contributed by atoms with Crippen LogP contribution in [-0.2, 0) is 11.3 Å². The molecule has 2 aromatic rings. The number of aromatic nitrogens is 1. The normalized spacial score (nSPS) is 19.6. The van der Waals surface area contributed by atoms with Gasteiger partial charge in [-0.2, -0.15) is 0 Å². The summed E-state index contributed by atoms with van der Waals surface area (Å²) in [7, 11) is 0. The predicted molar refractivity (Wildman–Crippen MR) is 111 cm³/mol. The van der Waals surface area contributed by atoms with Gasteiger partial charge >= 0.3 is 35.5 Å². The first-order valence-corrected chi connectivity index (χ1v) is 9.42. The standard InChI is InChI=1S/C22H26N2O3.Na.H/c25-20-9-4-8-19(14-20)22-18(7-2-1-3-10-21(26)27)11-13-24(22)16-17-6-5-12-23-15-17;;/h1-2,4-6,8-9,12,14-15,18,22,25H,3,7,10-11,13,16H2,(H,26,27);;/b2-1-;;. The van der Waals surface area contributed by atoms with E-state index in [1.165, 1.54) is 5.56 Å². The Hall–Kier alpha value is -1.66. The number of aliphatic carboxylic acids is 1. The molecule has 0 saturated carbocycles. The Morgan fingerprint density at radius 3 is 2.82 bits per heavy atom. The summed E-state index contributed by atoms with van der Waals surface area (Å²) in [6.07, 6.45) is 10.5. The van der Waals surface area contributed by atoms with E-state index in [2.05, 4.69) is 28.1 Å². The first-order chi connectivity index (χ1) is 13.1. The molecule has 2 unspecified atom stereocenters. The molecule has 2 atom stereocenters. The van der Waals surface area contributed by atoms with E-state index in [1.54, 1.807) is 12.3 Å². The topological polar surface area (TPSA) is 73.7 Å². The van der Waals surface area contributed by atoms with E-state index in [0.29, 0.717) is 12.3 Å². The summed E-state index contributed by atoms with van der Waals surface area (Å²) in [5.74, 6) is -0.0400. The zero-order chi connectivity index (χ0) is 19.1. The summed E-state index contributed by atoms with van der Waals surface area (Å²) >= 11 is 0. The van der Waals surface area contributed by atoms with Gasteiger partial charge in [0.25, 0.3) is 0 Å². The first kappa shape index (κ1) is 22.6. The number of phenolic OH excluding ortho intramolecular Hbond substituents is 1. The van der Waals surface area contributed by atoms with Crippen LogP contribution >= 0.6 is 0 Å². The molecule has 3 rings (SSSR count). The molecule has 0 radical (unpaired) electrons. The van der Waals surface area contributed by atoms with Crippen LogP contribution in [0.3, 0.4) is 0 Å². The van der Waals surface area contributed by atoms with Crippen LogP contribution in [0.25, 0.3) is 0 Å². The van der Waals surface area contributed by atoms with E-state index in [0.717, 1.165) is 31.5 Å². The third kappa shape index (κ3) is 6.45. The third-order valence-corrected chi connectivity index (χ3v) is 5.08. The van der Waals surface area contributed by atoms with Gasteiger partial charge in [-0.1, -0.05) is 30.4 Å². The van der Waals surface area contributed by atoms with Crippen molar-refractivity contribution >= 4 is 35.5 Å². The van der Waals surface area contributed by atoms with Crippen LogP contribution in [0, 0.1) is 5.92 Å². The Labute approximate surface area is 188 Å². The van der Waals surface area contributed by atoms with Crippen molar-refractivity contribution in [2.24, 2.45) is 5.92 Å². The van der Waals surface area contributed by atoms with Crippen molar-refractivity contribution in [3.05, 3.63) is 72.1 Å². The number of pyridine rings is 1. The summed E-state index contributed by atoms with van der Waals surface area (Å²) in [5, 5.41) is 18.7. The van der Waals surface area contributed by atoms with Crippen molar-refractivity contribution in [2.45, 2.75) is 38.3 Å². The number of carboxylic acids is 1. The summed E-state index contributed by atoms with van der Waals surface area (Å²) in [6.45, 7) is 1.82. The minimum atomic E-state index is -0.763. The van der Waals surface area contributed by atoms with Gasteiger partial charge in [0, 0.05) is 31.4 Å². The molecule has 144 valence electrons. The Morgan fingerprint density at radius 1 is 1.25 bits per heavy atom. The summed E-state index contributed by atoms with van der Waals surface area (Å²) in [4.78, 5) is 17.3. The van der Waals surface area contributed by atoms with Crippen LogP contribution in [0.4, 0.5) is 0 Å². The fourth-order valence-corrected chi connectivity index (χ4v) is 3.86. The molecule has 0 aliphatic carbocycles. The van der Waals surface area contributed by atoms with Crippen molar-refractivity contribution in [1.82, 2.24) is 9.88 Å². The fraction of sp³-hybridized carbons (Fsp3) is 0.364. The first-order valence-electron chi connectivity index (χ1n) is 9.42. The number of rotatable bonds is 8. The number of aromatic hydroxyl groups is 1. The van der Waals surface area contributed by atoms with Gasteiger partial charge in [-0.05, 0) is 61.1 Å². The summed E-state index contributed by atoms with van der Waals surface area (Å²) < 4.78 is 0. The second-order valence-electron chi connectivity index (χ2n) is 7.06. The number of hydrogen-bond acceptors (Lipinski definition) is 4. The third-order valence-electron chi connectivity index (χ3n) is 5.08. The Morgan fingerprint density at radius 2 is 2.11 bits per heavy atom. The molecule has 2 N–H and O–H groups in total. The van der Waals surface area contributed by atoms with Gasteiger partial charge in [0.05, 0.1) is 0 Å². The van der Waals surface area contributed by atoms with Crippen LogP contribution < -0.4 is 0 Å². The van der Waals surface area contributed by atoms with Crippen LogP contribution in [-0.4, -0.2) is 62.2 Å². The molecule has 1 aliphatic heterocycles. The second kappa shape index (κ2) is 11.4. The van der Waals surface area contributed by atoms with Gasteiger partial charge in [0.2, 0.25) is 0 Å². The van der Waals surface area contributed by atoms with Crippen molar-refractivity contribution < 1.29 is 15.0 Å². The maximum absolute atomic E-state index is 10.6. The molecule has 6 heteroatoms. The average molecular weight is 390 g/mol. The minimum absolute atomic E-state index is 0. The zero-order valence-corrected chi connectivity index (χ0v) is 15.4. The molecule has 0 spiro atoms. The van der Waals surface area contributed by atoms with Gasteiger partial charge in [-0.3, -0.25) is 14.7 Å². The van der Waals surface area contributed by atoms with Crippen LogP contribution in [0.2, 0.25) is 0 Å². The van der Waals surface area contributed by atoms with E-state index >= 15 is 0 Å². The summed E-state index contributed by atoms with van der Waals surface area (Å²) in [5.41, 5.74) is 2.31. The molecule has 1 saturated heterocycles. The molecule has 1 fully saturated rings. The van der Waals surface area contributed by atoms with E-state index in [9.17, 15) is 9.90 Å². The molecule has 0 amide bonds. The molecule has 1 aromatic carbocycles. The van der Waals surface area contributed by atoms with Crippen molar-refractivity contribution in [3.8, 4) is 5.75 Å². The number of likely N-dealkylation sites (tertiary alicyclic amines) is 1.